The largest absolute Gasteiger partial charge is 0.375 e. The molecule has 5 rings (SSSR count). The van der Waals surface area contributed by atoms with Gasteiger partial charge in [0.25, 0.3) is 0 Å². The van der Waals surface area contributed by atoms with Crippen molar-refractivity contribution in [3.63, 3.8) is 0 Å². The molecule has 2 atom stereocenters. The smallest absolute Gasteiger partial charge is 0.0718 e. The highest BCUT2D eigenvalue weighted by molar-refractivity contribution is 5.26. The predicted octanol–water partition coefficient (Wildman–Crippen LogP) is 2.61. The maximum atomic E-state index is 5.70. The molecule has 0 N–H and O–H groups in total. The summed E-state index contributed by atoms with van der Waals surface area (Å²) < 4.78 is 5.70. The Morgan fingerprint density at radius 2 is 2.00 bits per heavy atom. The number of aromatic nitrogens is 1. The van der Waals surface area contributed by atoms with Crippen molar-refractivity contribution in [3.05, 3.63) is 65.0 Å². The Labute approximate surface area is 149 Å². The fourth-order valence-corrected chi connectivity index (χ4v) is 4.47. The van der Waals surface area contributed by atoms with E-state index < -0.39 is 0 Å². The molecule has 2 fully saturated rings. The normalized spacial score (nSPS) is 26.1. The van der Waals surface area contributed by atoms with E-state index in [0.717, 1.165) is 45.8 Å². The van der Waals surface area contributed by atoms with Gasteiger partial charge in [0, 0.05) is 50.9 Å². The Morgan fingerprint density at radius 1 is 1.08 bits per heavy atom. The van der Waals surface area contributed by atoms with E-state index in [1.54, 1.807) is 0 Å². The van der Waals surface area contributed by atoms with Crippen molar-refractivity contribution in [2.24, 2.45) is 0 Å². The van der Waals surface area contributed by atoms with Crippen LogP contribution in [0.3, 0.4) is 0 Å². The van der Waals surface area contributed by atoms with Crippen LogP contribution in [0.1, 0.15) is 28.9 Å². The molecule has 0 aliphatic carbocycles. The average molecular weight is 335 g/mol. The van der Waals surface area contributed by atoms with Crippen LogP contribution in [-0.4, -0.2) is 46.6 Å². The van der Waals surface area contributed by atoms with Crippen LogP contribution in [0.5, 0.6) is 0 Å². The van der Waals surface area contributed by atoms with Crippen molar-refractivity contribution >= 4 is 0 Å². The first kappa shape index (κ1) is 15.5. The van der Waals surface area contributed by atoms with E-state index in [9.17, 15) is 0 Å². The molecule has 0 amide bonds. The Kier molecular flexibility index (Phi) is 4.04. The van der Waals surface area contributed by atoms with Crippen molar-refractivity contribution in [3.8, 4) is 0 Å². The lowest BCUT2D eigenvalue weighted by Gasteiger charge is -2.29. The molecular weight excluding hydrogens is 310 g/mol. The Bertz CT molecular complexity index is 748. The third-order valence-electron chi connectivity index (χ3n) is 5.81. The number of rotatable bonds is 4. The number of benzene rings is 1. The molecule has 130 valence electrons. The minimum Gasteiger partial charge on any atom is -0.375 e. The lowest BCUT2D eigenvalue weighted by atomic mass is 10.0. The van der Waals surface area contributed by atoms with Gasteiger partial charge >= 0.3 is 0 Å². The number of morpholine rings is 1. The molecule has 2 bridgehead atoms. The van der Waals surface area contributed by atoms with E-state index in [1.807, 2.05) is 0 Å². The van der Waals surface area contributed by atoms with Gasteiger partial charge in [-0.2, -0.15) is 0 Å². The highest BCUT2D eigenvalue weighted by Gasteiger charge is 2.38. The minimum atomic E-state index is 0.467. The van der Waals surface area contributed by atoms with Gasteiger partial charge in [-0.3, -0.25) is 14.8 Å². The predicted molar refractivity (Wildman–Crippen MR) is 97.1 cm³/mol. The Hall–Kier alpha value is -1.75. The fourth-order valence-electron chi connectivity index (χ4n) is 4.47. The van der Waals surface area contributed by atoms with Crippen LogP contribution < -0.4 is 0 Å². The summed E-state index contributed by atoms with van der Waals surface area (Å²) in [7, 11) is 0. The summed E-state index contributed by atoms with van der Waals surface area (Å²) in [6.45, 7) is 6.10. The molecular formula is C21H25N3O. The van der Waals surface area contributed by atoms with Gasteiger partial charge in [0.2, 0.25) is 0 Å². The Morgan fingerprint density at radius 3 is 2.80 bits per heavy atom. The van der Waals surface area contributed by atoms with Crippen LogP contribution in [-0.2, 0) is 30.8 Å². The lowest BCUT2D eigenvalue weighted by Crippen LogP contribution is -2.36. The zero-order valence-electron chi connectivity index (χ0n) is 14.6. The van der Waals surface area contributed by atoms with Crippen LogP contribution in [0.4, 0.5) is 0 Å². The SMILES string of the molecule is c1ccc(CN2CCc3nc(CN4C[C@@H]5C[C@H]4CO5)ccc3C2)cc1. The van der Waals surface area contributed by atoms with Crippen molar-refractivity contribution in [1.82, 2.24) is 14.8 Å². The van der Waals surface area contributed by atoms with Gasteiger partial charge < -0.3 is 4.74 Å². The van der Waals surface area contributed by atoms with Gasteiger partial charge in [0.1, 0.15) is 0 Å². The van der Waals surface area contributed by atoms with Crippen molar-refractivity contribution in [2.75, 3.05) is 19.7 Å². The molecule has 4 heteroatoms. The number of ether oxygens (including phenoxy) is 1. The van der Waals surface area contributed by atoms with Gasteiger partial charge in [0.05, 0.1) is 18.4 Å². The lowest BCUT2D eigenvalue weighted by molar-refractivity contribution is 0.0268. The summed E-state index contributed by atoms with van der Waals surface area (Å²) in [5.41, 5.74) is 5.32. The Balaban J connectivity index is 1.25. The van der Waals surface area contributed by atoms with Gasteiger partial charge in [-0.05, 0) is 23.6 Å². The third kappa shape index (κ3) is 3.22. The number of pyridine rings is 1. The minimum absolute atomic E-state index is 0.467. The summed E-state index contributed by atoms with van der Waals surface area (Å²) in [6.07, 6.45) is 2.74. The zero-order valence-corrected chi connectivity index (χ0v) is 14.6. The second kappa shape index (κ2) is 6.52. The first-order valence-electron chi connectivity index (χ1n) is 9.43. The zero-order chi connectivity index (χ0) is 16.6. The quantitative estimate of drug-likeness (QED) is 0.859. The van der Waals surface area contributed by atoms with Gasteiger partial charge in [0.15, 0.2) is 0 Å². The van der Waals surface area contributed by atoms with Crippen molar-refractivity contribution in [1.29, 1.82) is 0 Å². The number of hydrogen-bond acceptors (Lipinski definition) is 4. The maximum Gasteiger partial charge on any atom is 0.0718 e. The summed E-state index contributed by atoms with van der Waals surface area (Å²) in [5, 5.41) is 0. The van der Waals surface area contributed by atoms with E-state index in [4.69, 9.17) is 9.72 Å². The van der Waals surface area contributed by atoms with E-state index in [0.29, 0.717) is 12.1 Å². The van der Waals surface area contributed by atoms with Crippen LogP contribution in [0.2, 0.25) is 0 Å². The molecule has 4 nitrogen and oxygen atoms in total. The summed E-state index contributed by atoms with van der Waals surface area (Å²) >= 11 is 0. The van der Waals surface area contributed by atoms with Crippen molar-refractivity contribution < 1.29 is 4.74 Å². The average Bonchev–Trinajstić information content (AvgIpc) is 3.26. The van der Waals surface area contributed by atoms with Crippen molar-refractivity contribution in [2.45, 2.75) is 44.6 Å². The van der Waals surface area contributed by atoms with Gasteiger partial charge in [-0.1, -0.05) is 36.4 Å². The van der Waals surface area contributed by atoms with E-state index in [-0.39, 0.29) is 0 Å². The molecule has 4 heterocycles. The summed E-state index contributed by atoms with van der Waals surface area (Å²) in [5.74, 6) is 0. The third-order valence-corrected chi connectivity index (χ3v) is 5.81. The highest BCUT2D eigenvalue weighted by atomic mass is 16.5. The first-order chi connectivity index (χ1) is 12.3. The van der Waals surface area contributed by atoms with Crippen LogP contribution >= 0.6 is 0 Å². The van der Waals surface area contributed by atoms with E-state index >= 15 is 0 Å². The molecule has 2 aromatic rings. The summed E-state index contributed by atoms with van der Waals surface area (Å²) in [4.78, 5) is 10.1. The first-order valence-corrected chi connectivity index (χ1v) is 9.43. The van der Waals surface area contributed by atoms with E-state index in [2.05, 4.69) is 52.3 Å². The summed E-state index contributed by atoms with van der Waals surface area (Å²) in [6, 6.07) is 15.9. The molecule has 25 heavy (non-hydrogen) atoms. The highest BCUT2D eigenvalue weighted by Crippen LogP contribution is 2.29. The van der Waals surface area contributed by atoms with Crippen LogP contribution in [0, 0.1) is 0 Å². The number of nitrogens with zero attached hydrogens (tertiary/aromatic N) is 3. The molecule has 1 aromatic heterocycles. The van der Waals surface area contributed by atoms with Gasteiger partial charge in [-0.25, -0.2) is 0 Å². The molecule has 3 aliphatic heterocycles. The number of fused-ring (bicyclic) bond motifs is 3. The maximum absolute atomic E-state index is 5.70. The second-order valence-corrected chi connectivity index (χ2v) is 7.63. The van der Waals surface area contributed by atoms with E-state index in [1.165, 1.54) is 28.9 Å². The molecule has 0 unspecified atom stereocenters. The number of likely N-dealkylation sites (tertiary alicyclic amines) is 1. The molecule has 2 saturated heterocycles. The topological polar surface area (TPSA) is 28.6 Å². The van der Waals surface area contributed by atoms with Crippen LogP contribution in [0.25, 0.3) is 0 Å². The number of hydrogen-bond donors (Lipinski definition) is 0. The van der Waals surface area contributed by atoms with Gasteiger partial charge in [-0.15, -0.1) is 0 Å². The molecule has 0 saturated carbocycles. The van der Waals surface area contributed by atoms with Crippen LogP contribution in [0.15, 0.2) is 42.5 Å². The fraction of sp³-hybridized carbons (Fsp3) is 0.476. The second-order valence-electron chi connectivity index (χ2n) is 7.63. The molecule has 0 radical (unpaired) electrons. The molecule has 3 aliphatic rings. The molecule has 1 aromatic carbocycles. The molecule has 0 spiro atoms. The standard InChI is InChI=1S/C21H25N3O/c1-2-4-16(5-3-1)11-23-9-8-21-17(12-23)6-7-18(22-21)13-24-14-20-10-19(24)15-25-20/h1-7,19-20H,8-15H2/t19-,20-/m0/s1. The monoisotopic (exact) mass is 335 g/mol.